The van der Waals surface area contributed by atoms with Crippen molar-refractivity contribution in [2.45, 2.75) is 26.7 Å². The molecule has 214 valence electrons. The average Bonchev–Trinajstić information content (AvgIpc) is 3.53. The molecule has 10 heteroatoms. The topological polar surface area (TPSA) is 132 Å². The van der Waals surface area contributed by atoms with Gasteiger partial charge in [0.05, 0.1) is 46.7 Å². The van der Waals surface area contributed by atoms with E-state index in [2.05, 4.69) is 17.7 Å². The van der Waals surface area contributed by atoms with Crippen molar-refractivity contribution in [1.29, 1.82) is 5.26 Å². The number of anilines is 1. The Morgan fingerprint density at radius 3 is 2.49 bits per heavy atom. The van der Waals surface area contributed by atoms with Crippen LogP contribution in [0.25, 0.3) is 40.0 Å². The molecule has 3 aromatic heterocycles. The molecule has 0 radical (unpaired) electrons. The Morgan fingerprint density at radius 1 is 1.09 bits per heavy atom. The van der Waals surface area contributed by atoms with Gasteiger partial charge in [-0.05, 0) is 61.4 Å². The van der Waals surface area contributed by atoms with Crippen molar-refractivity contribution in [2.75, 3.05) is 18.0 Å². The summed E-state index contributed by atoms with van der Waals surface area (Å²) < 4.78 is 3.48. The van der Waals surface area contributed by atoms with E-state index in [1.165, 1.54) is 0 Å². The minimum atomic E-state index is -0.903. The molecule has 0 bridgehead atoms. The number of fused-ring (bicyclic) bond motifs is 5. The first-order valence-electron chi connectivity index (χ1n) is 13.9. The number of benzene rings is 3. The number of aliphatic carboxylic acids is 1. The van der Waals surface area contributed by atoms with Crippen LogP contribution in [0.3, 0.4) is 0 Å². The van der Waals surface area contributed by atoms with Crippen molar-refractivity contribution in [3.8, 4) is 11.8 Å². The second kappa shape index (κ2) is 10.9. The zero-order chi connectivity index (χ0) is 30.2. The van der Waals surface area contributed by atoms with E-state index < -0.39 is 5.97 Å². The molecule has 0 aliphatic rings. The van der Waals surface area contributed by atoms with Crippen molar-refractivity contribution in [3.05, 3.63) is 98.8 Å². The van der Waals surface area contributed by atoms with Gasteiger partial charge in [-0.1, -0.05) is 36.9 Å². The Hall–Kier alpha value is -5.69. The number of hydrogen-bond acceptors (Lipinski definition) is 6. The first-order valence-corrected chi connectivity index (χ1v) is 13.9. The molecule has 0 amide bonds. The van der Waals surface area contributed by atoms with Crippen molar-refractivity contribution in [2.24, 2.45) is 4.99 Å². The van der Waals surface area contributed by atoms with E-state index in [0.717, 1.165) is 27.8 Å². The maximum absolute atomic E-state index is 14.2. The van der Waals surface area contributed by atoms with Crippen molar-refractivity contribution < 1.29 is 9.90 Å². The van der Waals surface area contributed by atoms with Crippen LogP contribution in [-0.2, 0) is 4.79 Å². The third-order valence-electron chi connectivity index (χ3n) is 7.62. The molecule has 3 aromatic carbocycles. The van der Waals surface area contributed by atoms with Gasteiger partial charge in [0.25, 0.3) is 5.56 Å². The molecule has 2 N–H and O–H groups in total. The lowest BCUT2D eigenvalue weighted by Gasteiger charge is -2.24. The third kappa shape index (κ3) is 4.81. The monoisotopic (exact) mass is 571 g/mol. The summed E-state index contributed by atoms with van der Waals surface area (Å²) in [7, 11) is 0. The molecule has 3 heterocycles. The first-order chi connectivity index (χ1) is 20.8. The van der Waals surface area contributed by atoms with Gasteiger partial charge in [0, 0.05) is 24.0 Å². The zero-order valence-corrected chi connectivity index (χ0v) is 23.8. The molecule has 0 aliphatic heterocycles. The number of nitriles is 1. The van der Waals surface area contributed by atoms with Gasteiger partial charge in [0.2, 0.25) is 0 Å². The Balaban J connectivity index is 1.61. The zero-order valence-electron chi connectivity index (χ0n) is 23.8. The quantitative estimate of drug-likeness (QED) is 0.280. The number of para-hydroxylation sites is 3. The Labute approximate surface area is 246 Å². The average molecular weight is 572 g/mol. The van der Waals surface area contributed by atoms with E-state index in [0.29, 0.717) is 39.8 Å². The maximum Gasteiger partial charge on any atom is 0.305 e. The number of H-pyrrole nitrogens is 1. The Kier molecular flexibility index (Phi) is 7.00. The number of carboxylic acids is 1. The predicted octanol–water partition coefficient (Wildman–Crippen LogP) is 4.29. The van der Waals surface area contributed by atoms with Gasteiger partial charge in [-0.25, -0.2) is 14.5 Å². The molecule has 0 unspecified atom stereocenters. The summed E-state index contributed by atoms with van der Waals surface area (Å²) in [6.45, 7) is 8.83. The second-order valence-corrected chi connectivity index (χ2v) is 10.5. The Morgan fingerprint density at radius 2 is 1.79 bits per heavy atom. The number of pyridine rings is 1. The molecule has 0 saturated carbocycles. The third-order valence-corrected chi connectivity index (χ3v) is 7.62. The lowest BCUT2D eigenvalue weighted by molar-refractivity contribution is -0.136. The SMILES string of the molecule is C=c1c(=Nc2c(C)cc(N(CCC#N)CCC(=O)O)cc2C)c(=O)n(-c2ccccc2)c2[nH]n3c4ccccc4nc3c12. The molecule has 6 rings (SSSR count). The van der Waals surface area contributed by atoms with Crippen LogP contribution in [-0.4, -0.2) is 43.3 Å². The summed E-state index contributed by atoms with van der Waals surface area (Å²) in [5.41, 5.74) is 6.32. The highest BCUT2D eigenvalue weighted by atomic mass is 16.4. The van der Waals surface area contributed by atoms with Gasteiger partial charge in [-0.3, -0.25) is 19.3 Å². The molecule has 10 nitrogen and oxygen atoms in total. The van der Waals surface area contributed by atoms with E-state index >= 15 is 0 Å². The highest BCUT2D eigenvalue weighted by Gasteiger charge is 2.19. The number of aromatic amines is 1. The molecule has 43 heavy (non-hydrogen) atoms. The van der Waals surface area contributed by atoms with Gasteiger partial charge in [0.15, 0.2) is 5.65 Å². The summed E-state index contributed by atoms with van der Waals surface area (Å²) in [6.07, 6.45) is 0.217. The Bertz CT molecular complexity index is 2230. The number of carboxylic acid groups (broad SMARTS) is 1. The molecule has 6 aromatic rings. The number of aromatic nitrogens is 4. The van der Waals surface area contributed by atoms with Crippen LogP contribution in [0, 0.1) is 25.2 Å². The summed E-state index contributed by atoms with van der Waals surface area (Å²) in [5.74, 6) is -0.903. The lowest BCUT2D eigenvalue weighted by atomic mass is 10.1. The second-order valence-electron chi connectivity index (χ2n) is 10.5. The van der Waals surface area contributed by atoms with Crippen molar-refractivity contribution in [3.63, 3.8) is 0 Å². The van der Waals surface area contributed by atoms with Crippen LogP contribution in [0.15, 0.2) is 76.5 Å². The van der Waals surface area contributed by atoms with Gasteiger partial charge in [-0.2, -0.15) is 5.26 Å². The van der Waals surface area contributed by atoms with E-state index in [1.54, 1.807) is 4.57 Å². The van der Waals surface area contributed by atoms with Gasteiger partial charge in [0.1, 0.15) is 11.0 Å². The van der Waals surface area contributed by atoms with Crippen molar-refractivity contribution >= 4 is 51.6 Å². The van der Waals surface area contributed by atoms with Crippen LogP contribution >= 0.6 is 0 Å². The van der Waals surface area contributed by atoms with Crippen LogP contribution < -0.4 is 21.0 Å². The molecular weight excluding hydrogens is 542 g/mol. The summed E-state index contributed by atoms with van der Waals surface area (Å²) in [5, 5.41) is 23.1. The van der Waals surface area contributed by atoms with E-state index in [1.807, 2.05) is 90.0 Å². The minimum absolute atomic E-state index is 0.0481. The normalized spacial score (nSPS) is 11.9. The van der Waals surface area contributed by atoms with Crippen LogP contribution in [0.1, 0.15) is 24.0 Å². The van der Waals surface area contributed by atoms with E-state index in [4.69, 9.17) is 15.2 Å². The van der Waals surface area contributed by atoms with Crippen LogP contribution in [0.2, 0.25) is 0 Å². The highest BCUT2D eigenvalue weighted by Crippen LogP contribution is 2.29. The van der Waals surface area contributed by atoms with E-state index in [-0.39, 0.29) is 30.3 Å². The number of nitrogens with zero attached hydrogens (tertiary/aromatic N) is 6. The highest BCUT2D eigenvalue weighted by molar-refractivity contribution is 5.96. The fraction of sp³-hybridized carbons (Fsp3) is 0.182. The van der Waals surface area contributed by atoms with Gasteiger partial charge in [-0.15, -0.1) is 0 Å². The fourth-order valence-electron chi connectivity index (χ4n) is 5.60. The number of rotatable bonds is 8. The minimum Gasteiger partial charge on any atom is -0.481 e. The summed E-state index contributed by atoms with van der Waals surface area (Å²) >= 11 is 0. The number of carbonyl (C=O) groups is 1. The fourth-order valence-corrected chi connectivity index (χ4v) is 5.60. The van der Waals surface area contributed by atoms with Crippen LogP contribution in [0.4, 0.5) is 11.4 Å². The largest absolute Gasteiger partial charge is 0.481 e. The van der Waals surface area contributed by atoms with Crippen LogP contribution in [0.5, 0.6) is 0 Å². The predicted molar refractivity (Wildman–Crippen MR) is 167 cm³/mol. The number of aryl methyl sites for hydroxylation is 2. The molecule has 0 fully saturated rings. The summed E-state index contributed by atoms with van der Waals surface area (Å²) in [6, 6.07) is 23.1. The lowest BCUT2D eigenvalue weighted by Crippen LogP contribution is -2.44. The maximum atomic E-state index is 14.2. The number of imidazole rings is 1. The molecule has 0 spiro atoms. The van der Waals surface area contributed by atoms with Gasteiger partial charge >= 0.3 is 5.97 Å². The van der Waals surface area contributed by atoms with Gasteiger partial charge < -0.3 is 10.0 Å². The molecule has 0 saturated heterocycles. The number of nitrogens with one attached hydrogen (secondary N) is 1. The number of hydrogen-bond donors (Lipinski definition) is 2. The van der Waals surface area contributed by atoms with Crippen molar-refractivity contribution in [1.82, 2.24) is 19.2 Å². The smallest absolute Gasteiger partial charge is 0.305 e. The first kappa shape index (κ1) is 27.5. The standard InChI is InChI=1S/C33H29N7O3/c1-20-18-24(38(16-9-15-34)17-14-27(41)42)19-21(2)29(20)36-30-22(3)28-31-35-25-12-7-8-13-26(25)40(31)37-32(28)39(33(30)43)23-10-5-4-6-11-23/h4-8,10-13,18-19,37H,3,9,14,16-17H2,1-2H3,(H,41,42). The molecule has 0 aliphatic carbocycles. The molecule has 0 atom stereocenters. The van der Waals surface area contributed by atoms with E-state index in [9.17, 15) is 14.7 Å². The summed E-state index contributed by atoms with van der Waals surface area (Å²) in [4.78, 5) is 37.2. The molecular formula is C33H29N7O3.